The first-order valence-corrected chi connectivity index (χ1v) is 6.64. The van der Waals surface area contributed by atoms with Crippen LogP contribution >= 0.6 is 0 Å². The van der Waals surface area contributed by atoms with Gasteiger partial charge in [-0.1, -0.05) is 12.1 Å². The predicted molar refractivity (Wildman–Crippen MR) is 79.9 cm³/mol. The molecule has 4 heteroatoms. The maximum absolute atomic E-state index is 9.88. The van der Waals surface area contributed by atoms with E-state index in [2.05, 4.69) is 0 Å². The second-order valence-corrected chi connectivity index (χ2v) is 4.95. The van der Waals surface area contributed by atoms with Gasteiger partial charge >= 0.3 is 0 Å². The van der Waals surface area contributed by atoms with Gasteiger partial charge in [0, 0.05) is 11.6 Å². The van der Waals surface area contributed by atoms with Crippen molar-refractivity contribution in [1.82, 2.24) is 0 Å². The molecule has 0 unspecified atom stereocenters. The van der Waals surface area contributed by atoms with Crippen molar-refractivity contribution in [2.45, 2.75) is 13.0 Å². The molecule has 1 atom stereocenters. The van der Waals surface area contributed by atoms with Crippen LogP contribution in [0.4, 0.5) is 0 Å². The normalized spacial score (nSPS) is 16.2. The minimum Gasteiger partial charge on any atom is -0.507 e. The van der Waals surface area contributed by atoms with E-state index in [0.717, 1.165) is 11.3 Å². The molecular formula is C17H16O4. The van der Waals surface area contributed by atoms with Crippen molar-refractivity contribution in [2.24, 2.45) is 0 Å². The lowest BCUT2D eigenvalue weighted by Crippen LogP contribution is -2.10. The van der Waals surface area contributed by atoms with Gasteiger partial charge in [0.15, 0.2) is 0 Å². The number of fused-ring (bicyclic) bond motifs is 1. The van der Waals surface area contributed by atoms with Gasteiger partial charge in [-0.2, -0.15) is 0 Å². The van der Waals surface area contributed by atoms with E-state index in [-0.39, 0.29) is 17.6 Å². The Bertz CT molecular complexity index is 702. The van der Waals surface area contributed by atoms with Gasteiger partial charge in [-0.15, -0.1) is 0 Å². The molecule has 108 valence electrons. The van der Waals surface area contributed by atoms with Crippen LogP contribution in [-0.4, -0.2) is 17.3 Å². The summed E-state index contributed by atoms with van der Waals surface area (Å²) in [7, 11) is 1.62. The molecule has 0 saturated heterocycles. The number of ether oxygens (including phenoxy) is 2. The average molecular weight is 284 g/mol. The highest BCUT2D eigenvalue weighted by Crippen LogP contribution is 2.43. The summed E-state index contributed by atoms with van der Waals surface area (Å²) in [5.41, 5.74) is 2.18. The second-order valence-electron chi connectivity index (χ2n) is 4.95. The van der Waals surface area contributed by atoms with Crippen molar-refractivity contribution in [3.63, 3.8) is 0 Å². The van der Waals surface area contributed by atoms with Gasteiger partial charge < -0.3 is 19.7 Å². The summed E-state index contributed by atoms with van der Waals surface area (Å²) in [4.78, 5) is 0. The Kier molecular flexibility index (Phi) is 3.22. The Hall–Kier alpha value is -2.62. The second kappa shape index (κ2) is 5.05. The van der Waals surface area contributed by atoms with E-state index >= 15 is 0 Å². The molecule has 0 aromatic heterocycles. The summed E-state index contributed by atoms with van der Waals surface area (Å²) < 4.78 is 11.1. The number of methoxy groups -OCH3 is 1. The van der Waals surface area contributed by atoms with Gasteiger partial charge in [0.2, 0.25) is 0 Å². The van der Waals surface area contributed by atoms with Crippen LogP contribution < -0.4 is 9.47 Å². The fourth-order valence-corrected chi connectivity index (χ4v) is 2.39. The molecule has 0 saturated carbocycles. The maximum Gasteiger partial charge on any atom is 0.142 e. The monoisotopic (exact) mass is 284 g/mol. The largest absolute Gasteiger partial charge is 0.507 e. The van der Waals surface area contributed by atoms with Crippen LogP contribution in [0.1, 0.15) is 22.8 Å². The average Bonchev–Trinajstić information content (AvgIpc) is 2.52. The number of aromatic hydroxyl groups is 2. The summed E-state index contributed by atoms with van der Waals surface area (Å²) in [5.74, 6) is 1.33. The summed E-state index contributed by atoms with van der Waals surface area (Å²) in [6, 6.07) is 8.92. The Morgan fingerprint density at radius 3 is 2.48 bits per heavy atom. The molecule has 1 heterocycles. The minimum atomic E-state index is -0.261. The van der Waals surface area contributed by atoms with E-state index in [4.69, 9.17) is 9.47 Å². The Morgan fingerprint density at radius 1 is 1.10 bits per heavy atom. The molecule has 3 rings (SSSR count). The first kappa shape index (κ1) is 13.4. The number of phenolic OH excluding ortho intramolecular Hbond substituents is 2. The molecule has 0 fully saturated rings. The van der Waals surface area contributed by atoms with E-state index in [1.165, 1.54) is 6.07 Å². The topological polar surface area (TPSA) is 58.9 Å². The number of hydrogen-bond donors (Lipinski definition) is 2. The summed E-state index contributed by atoms with van der Waals surface area (Å²) in [5, 5.41) is 19.7. The minimum absolute atomic E-state index is 0.0116. The fraction of sp³-hybridized carbons (Fsp3) is 0.176. The number of rotatable bonds is 2. The van der Waals surface area contributed by atoms with Crippen LogP contribution in [0.15, 0.2) is 36.4 Å². The van der Waals surface area contributed by atoms with Gasteiger partial charge in [-0.3, -0.25) is 0 Å². The zero-order chi connectivity index (χ0) is 15.0. The maximum atomic E-state index is 9.88. The third kappa shape index (κ3) is 2.29. The predicted octanol–water partition coefficient (Wildman–Crippen LogP) is 3.56. The number of hydrogen-bond acceptors (Lipinski definition) is 4. The van der Waals surface area contributed by atoms with Gasteiger partial charge in [0.25, 0.3) is 0 Å². The molecule has 0 aliphatic carbocycles. The molecule has 2 aromatic carbocycles. The summed E-state index contributed by atoms with van der Waals surface area (Å²) in [6.07, 6.45) is 3.43. The first-order chi connectivity index (χ1) is 10.1. The highest BCUT2D eigenvalue weighted by molar-refractivity contribution is 5.71. The standard InChI is InChI=1S/C17H16O4/c1-10-14(18)9-15(19)13-7-8-16(21-17(10)13)11-3-5-12(20-2)6-4-11/h3-9,16,18-19H,1-2H3/t16-/m0/s1. The fourth-order valence-electron chi connectivity index (χ4n) is 2.39. The molecule has 1 aliphatic heterocycles. The van der Waals surface area contributed by atoms with Crippen LogP contribution in [0.5, 0.6) is 23.0 Å². The summed E-state index contributed by atoms with van der Waals surface area (Å²) >= 11 is 0. The van der Waals surface area contributed by atoms with E-state index in [1.54, 1.807) is 14.0 Å². The van der Waals surface area contributed by atoms with Crippen molar-refractivity contribution >= 4 is 6.08 Å². The summed E-state index contributed by atoms with van der Waals surface area (Å²) in [6.45, 7) is 1.76. The molecule has 0 bridgehead atoms. The van der Waals surface area contributed by atoms with E-state index in [1.807, 2.05) is 36.4 Å². The van der Waals surface area contributed by atoms with Gasteiger partial charge in [-0.05, 0) is 36.8 Å². The van der Waals surface area contributed by atoms with Crippen LogP contribution in [0, 0.1) is 6.92 Å². The first-order valence-electron chi connectivity index (χ1n) is 6.64. The van der Waals surface area contributed by atoms with E-state index < -0.39 is 0 Å². The van der Waals surface area contributed by atoms with Crippen LogP contribution in [-0.2, 0) is 0 Å². The molecule has 21 heavy (non-hydrogen) atoms. The van der Waals surface area contributed by atoms with E-state index in [0.29, 0.717) is 16.9 Å². The number of benzene rings is 2. The van der Waals surface area contributed by atoms with Gasteiger partial charge in [0.05, 0.1) is 12.7 Å². The molecule has 2 N–H and O–H groups in total. The molecule has 2 aromatic rings. The van der Waals surface area contributed by atoms with Crippen molar-refractivity contribution < 1.29 is 19.7 Å². The molecule has 0 radical (unpaired) electrons. The smallest absolute Gasteiger partial charge is 0.142 e. The van der Waals surface area contributed by atoms with Crippen LogP contribution in [0.2, 0.25) is 0 Å². The highest BCUT2D eigenvalue weighted by Gasteiger charge is 2.22. The third-order valence-corrected chi connectivity index (χ3v) is 3.65. The Labute approximate surface area is 122 Å². The zero-order valence-corrected chi connectivity index (χ0v) is 11.8. The molecule has 0 spiro atoms. The van der Waals surface area contributed by atoms with Crippen LogP contribution in [0.25, 0.3) is 6.08 Å². The lowest BCUT2D eigenvalue weighted by atomic mass is 10.0. The molecular weight excluding hydrogens is 268 g/mol. The highest BCUT2D eigenvalue weighted by atomic mass is 16.5. The van der Waals surface area contributed by atoms with Crippen molar-refractivity contribution in [1.29, 1.82) is 0 Å². The molecule has 4 nitrogen and oxygen atoms in total. The number of phenols is 2. The zero-order valence-electron chi connectivity index (χ0n) is 11.8. The van der Waals surface area contributed by atoms with Crippen molar-refractivity contribution in [3.8, 4) is 23.0 Å². The molecule has 1 aliphatic rings. The lowest BCUT2D eigenvalue weighted by Gasteiger charge is -2.24. The quantitative estimate of drug-likeness (QED) is 0.885. The lowest BCUT2D eigenvalue weighted by molar-refractivity contribution is 0.246. The van der Waals surface area contributed by atoms with E-state index in [9.17, 15) is 10.2 Å². The molecule has 0 amide bonds. The third-order valence-electron chi connectivity index (χ3n) is 3.65. The van der Waals surface area contributed by atoms with Crippen molar-refractivity contribution in [2.75, 3.05) is 7.11 Å². The van der Waals surface area contributed by atoms with Crippen molar-refractivity contribution in [3.05, 3.63) is 53.1 Å². The van der Waals surface area contributed by atoms with Gasteiger partial charge in [0.1, 0.15) is 29.1 Å². The van der Waals surface area contributed by atoms with Gasteiger partial charge in [-0.25, -0.2) is 0 Å². The Morgan fingerprint density at radius 2 is 1.81 bits per heavy atom. The van der Waals surface area contributed by atoms with Crippen LogP contribution in [0.3, 0.4) is 0 Å². The SMILES string of the molecule is COc1ccc([C@@H]2C=Cc3c(O)cc(O)c(C)c3O2)cc1. The Balaban J connectivity index is 1.97.